The van der Waals surface area contributed by atoms with Crippen molar-refractivity contribution >= 4 is 5.91 Å². The molecule has 2 rings (SSSR count). The molecule has 0 aromatic rings. The van der Waals surface area contributed by atoms with Gasteiger partial charge in [-0.05, 0) is 37.6 Å². The van der Waals surface area contributed by atoms with Crippen molar-refractivity contribution < 1.29 is 9.90 Å². The summed E-state index contributed by atoms with van der Waals surface area (Å²) >= 11 is 0. The molecule has 1 aliphatic heterocycles. The van der Waals surface area contributed by atoms with Gasteiger partial charge in [0.2, 0.25) is 5.91 Å². The van der Waals surface area contributed by atoms with E-state index in [0.717, 1.165) is 32.2 Å². The van der Waals surface area contributed by atoms with Gasteiger partial charge in [-0.25, -0.2) is 0 Å². The smallest absolute Gasteiger partial charge is 0.223 e. The molecule has 0 aromatic carbocycles. The number of hydrogen-bond acceptors (Lipinski definition) is 3. The lowest BCUT2D eigenvalue weighted by Gasteiger charge is -2.38. The zero-order valence-corrected chi connectivity index (χ0v) is 11.2. The van der Waals surface area contributed by atoms with Gasteiger partial charge in [-0.1, -0.05) is 19.3 Å². The van der Waals surface area contributed by atoms with Crippen LogP contribution in [0.1, 0.15) is 51.4 Å². The molecule has 1 amide bonds. The first-order valence-corrected chi connectivity index (χ1v) is 7.31. The van der Waals surface area contributed by atoms with Crippen molar-refractivity contribution in [2.45, 2.75) is 57.5 Å². The van der Waals surface area contributed by atoms with E-state index in [-0.39, 0.29) is 17.4 Å². The third-order valence-electron chi connectivity index (χ3n) is 4.62. The summed E-state index contributed by atoms with van der Waals surface area (Å²) in [6.07, 6.45) is 7.85. The van der Waals surface area contributed by atoms with E-state index in [1.165, 1.54) is 19.3 Å². The largest absolute Gasteiger partial charge is 0.391 e. The molecule has 0 spiro atoms. The number of likely N-dealkylation sites (tertiary alicyclic amines) is 1. The van der Waals surface area contributed by atoms with Gasteiger partial charge in [-0.15, -0.1) is 0 Å². The Morgan fingerprint density at radius 3 is 2.61 bits per heavy atom. The number of aliphatic hydroxyl groups excluding tert-OH is 1. The Labute approximate surface area is 110 Å². The first-order valence-electron chi connectivity index (χ1n) is 7.31. The van der Waals surface area contributed by atoms with E-state index in [2.05, 4.69) is 0 Å². The monoisotopic (exact) mass is 254 g/mol. The Bertz CT molecular complexity index is 288. The van der Waals surface area contributed by atoms with Gasteiger partial charge in [-0.3, -0.25) is 4.79 Å². The van der Waals surface area contributed by atoms with Crippen molar-refractivity contribution in [3.05, 3.63) is 0 Å². The van der Waals surface area contributed by atoms with Crippen molar-refractivity contribution in [2.24, 2.45) is 11.1 Å². The van der Waals surface area contributed by atoms with Gasteiger partial charge in [0, 0.05) is 19.5 Å². The van der Waals surface area contributed by atoms with Gasteiger partial charge in [0.05, 0.1) is 6.10 Å². The lowest BCUT2D eigenvalue weighted by Crippen LogP contribution is -2.45. The maximum Gasteiger partial charge on any atom is 0.223 e. The number of β-amino-alcohol motifs (C(OH)–C–C–N with tert-alkyl or cyclic N) is 1. The highest BCUT2D eigenvalue weighted by atomic mass is 16.3. The fraction of sp³-hybridized carbons (Fsp3) is 0.929. The number of nitrogens with two attached hydrogens (primary N) is 1. The Morgan fingerprint density at radius 2 is 2.00 bits per heavy atom. The molecule has 0 aromatic heterocycles. The van der Waals surface area contributed by atoms with Crippen molar-refractivity contribution in [1.29, 1.82) is 0 Å². The molecule has 1 saturated heterocycles. The molecule has 0 radical (unpaired) electrons. The highest BCUT2D eigenvalue weighted by Gasteiger charge is 2.35. The van der Waals surface area contributed by atoms with Crippen molar-refractivity contribution in [2.75, 3.05) is 19.6 Å². The van der Waals surface area contributed by atoms with E-state index in [1.807, 2.05) is 4.90 Å². The number of carbonyl (C=O) groups is 1. The summed E-state index contributed by atoms with van der Waals surface area (Å²) in [4.78, 5) is 14.2. The summed E-state index contributed by atoms with van der Waals surface area (Å²) in [5.74, 6) is 0.195. The average Bonchev–Trinajstić information content (AvgIpc) is 2.40. The topological polar surface area (TPSA) is 66.6 Å². The summed E-state index contributed by atoms with van der Waals surface area (Å²) in [6, 6.07) is 0. The van der Waals surface area contributed by atoms with Crippen LogP contribution < -0.4 is 5.73 Å². The number of aliphatic hydroxyl groups is 1. The van der Waals surface area contributed by atoms with Crippen LogP contribution in [0.2, 0.25) is 0 Å². The Kier molecular flexibility index (Phi) is 4.62. The summed E-state index contributed by atoms with van der Waals surface area (Å²) in [7, 11) is 0. The zero-order valence-electron chi connectivity index (χ0n) is 11.2. The molecular formula is C14H26N2O2. The van der Waals surface area contributed by atoms with Gasteiger partial charge in [-0.2, -0.15) is 0 Å². The SMILES string of the molecule is NCC1(CC(=O)N2CCC[C@H](O)C2)CCCCC1. The van der Waals surface area contributed by atoms with Gasteiger partial charge >= 0.3 is 0 Å². The van der Waals surface area contributed by atoms with Crippen molar-refractivity contribution in [1.82, 2.24) is 4.90 Å². The summed E-state index contributed by atoms with van der Waals surface area (Å²) in [6.45, 7) is 1.94. The van der Waals surface area contributed by atoms with Crippen LogP contribution in [0.25, 0.3) is 0 Å². The fourth-order valence-corrected chi connectivity index (χ4v) is 3.37. The second-order valence-corrected chi connectivity index (χ2v) is 6.08. The van der Waals surface area contributed by atoms with E-state index < -0.39 is 0 Å². The van der Waals surface area contributed by atoms with Gasteiger partial charge in [0.15, 0.2) is 0 Å². The Hall–Kier alpha value is -0.610. The summed E-state index contributed by atoms with van der Waals surface area (Å²) in [5, 5.41) is 9.64. The number of amides is 1. The van der Waals surface area contributed by atoms with E-state index in [4.69, 9.17) is 5.73 Å². The molecular weight excluding hydrogens is 228 g/mol. The molecule has 1 aliphatic carbocycles. The van der Waals surface area contributed by atoms with E-state index in [9.17, 15) is 9.90 Å². The minimum Gasteiger partial charge on any atom is -0.391 e. The normalized spacial score (nSPS) is 28.1. The zero-order chi connectivity index (χ0) is 13.0. The average molecular weight is 254 g/mol. The highest BCUT2D eigenvalue weighted by molar-refractivity contribution is 5.77. The molecule has 0 unspecified atom stereocenters. The predicted molar refractivity (Wildman–Crippen MR) is 71.0 cm³/mol. The van der Waals surface area contributed by atoms with Crippen LogP contribution >= 0.6 is 0 Å². The van der Waals surface area contributed by atoms with Crippen LogP contribution in [0.15, 0.2) is 0 Å². The molecule has 4 nitrogen and oxygen atoms in total. The maximum absolute atomic E-state index is 12.3. The molecule has 104 valence electrons. The second-order valence-electron chi connectivity index (χ2n) is 6.08. The lowest BCUT2D eigenvalue weighted by atomic mass is 9.71. The summed E-state index contributed by atoms with van der Waals surface area (Å²) < 4.78 is 0. The van der Waals surface area contributed by atoms with Crippen LogP contribution in [0.3, 0.4) is 0 Å². The lowest BCUT2D eigenvalue weighted by molar-refractivity contribution is -0.137. The van der Waals surface area contributed by atoms with Crippen LogP contribution in [0, 0.1) is 5.41 Å². The van der Waals surface area contributed by atoms with Crippen LogP contribution in [-0.4, -0.2) is 41.7 Å². The molecule has 3 N–H and O–H groups in total. The minimum atomic E-state index is -0.331. The molecule has 2 aliphatic rings. The quantitative estimate of drug-likeness (QED) is 0.797. The Balaban J connectivity index is 1.92. The first-order chi connectivity index (χ1) is 8.65. The maximum atomic E-state index is 12.3. The Morgan fingerprint density at radius 1 is 1.28 bits per heavy atom. The van der Waals surface area contributed by atoms with Crippen LogP contribution in [0.4, 0.5) is 0 Å². The standard InChI is InChI=1S/C14H26N2O2/c15-11-14(6-2-1-3-7-14)9-13(18)16-8-4-5-12(17)10-16/h12,17H,1-11,15H2/t12-/m0/s1. The number of carbonyl (C=O) groups excluding carboxylic acids is 1. The van der Waals surface area contributed by atoms with E-state index >= 15 is 0 Å². The van der Waals surface area contributed by atoms with Crippen LogP contribution in [0.5, 0.6) is 0 Å². The first kappa shape index (κ1) is 13.8. The van der Waals surface area contributed by atoms with Gasteiger partial charge in [0.25, 0.3) is 0 Å². The second kappa shape index (κ2) is 6.02. The van der Waals surface area contributed by atoms with Gasteiger partial charge in [0.1, 0.15) is 0 Å². The van der Waals surface area contributed by atoms with Crippen molar-refractivity contribution in [3.63, 3.8) is 0 Å². The number of piperidine rings is 1. The summed E-state index contributed by atoms with van der Waals surface area (Å²) in [5.41, 5.74) is 5.96. The van der Waals surface area contributed by atoms with E-state index in [0.29, 0.717) is 19.5 Å². The molecule has 4 heteroatoms. The molecule has 1 saturated carbocycles. The third kappa shape index (κ3) is 3.23. The highest BCUT2D eigenvalue weighted by Crippen LogP contribution is 2.38. The van der Waals surface area contributed by atoms with Gasteiger partial charge < -0.3 is 15.7 Å². The fourth-order valence-electron chi connectivity index (χ4n) is 3.37. The van der Waals surface area contributed by atoms with Crippen molar-refractivity contribution in [3.8, 4) is 0 Å². The number of hydrogen-bond donors (Lipinski definition) is 2. The number of nitrogens with zero attached hydrogens (tertiary/aromatic N) is 1. The van der Waals surface area contributed by atoms with E-state index in [1.54, 1.807) is 0 Å². The number of rotatable bonds is 3. The predicted octanol–water partition coefficient (Wildman–Crippen LogP) is 1.27. The molecule has 1 heterocycles. The van der Waals surface area contributed by atoms with Crippen LogP contribution in [-0.2, 0) is 4.79 Å². The molecule has 18 heavy (non-hydrogen) atoms. The minimum absolute atomic E-state index is 0.0394. The molecule has 0 bridgehead atoms. The molecule has 2 fully saturated rings. The third-order valence-corrected chi connectivity index (χ3v) is 4.62. The molecule has 1 atom stereocenters.